The molecule has 3 rings (SSSR count). The van der Waals surface area contributed by atoms with Gasteiger partial charge in [0.15, 0.2) is 6.10 Å². The van der Waals surface area contributed by atoms with E-state index in [9.17, 15) is 18.0 Å². The van der Waals surface area contributed by atoms with E-state index >= 15 is 0 Å². The van der Waals surface area contributed by atoms with E-state index < -0.39 is 28.0 Å². The SMILES string of the molecule is C=CCNC(=O)[C@@H](C)OC(=O)c1cccc(S(=O)(=O)N2CCc3ccccc3C2)c1. The molecule has 2 aromatic carbocycles. The highest BCUT2D eigenvalue weighted by atomic mass is 32.2. The summed E-state index contributed by atoms with van der Waals surface area (Å²) in [5.74, 6) is -1.23. The van der Waals surface area contributed by atoms with Gasteiger partial charge >= 0.3 is 5.97 Å². The molecule has 30 heavy (non-hydrogen) atoms. The van der Waals surface area contributed by atoms with Gasteiger partial charge in [0.2, 0.25) is 10.0 Å². The first-order valence-corrected chi connectivity index (χ1v) is 11.0. The number of carbonyl (C=O) groups excluding carboxylic acids is 2. The minimum Gasteiger partial charge on any atom is -0.449 e. The summed E-state index contributed by atoms with van der Waals surface area (Å²) in [6.07, 6.45) is 1.13. The van der Waals surface area contributed by atoms with E-state index in [1.54, 1.807) is 0 Å². The molecule has 2 aromatic rings. The Hall–Kier alpha value is -2.97. The van der Waals surface area contributed by atoms with E-state index in [0.717, 1.165) is 11.1 Å². The van der Waals surface area contributed by atoms with Gasteiger partial charge in [-0.05, 0) is 42.7 Å². The molecule has 7 nitrogen and oxygen atoms in total. The quantitative estimate of drug-likeness (QED) is 0.540. The highest BCUT2D eigenvalue weighted by Crippen LogP contribution is 2.25. The predicted molar refractivity (Wildman–Crippen MR) is 112 cm³/mol. The first-order chi connectivity index (χ1) is 14.3. The van der Waals surface area contributed by atoms with Crippen LogP contribution in [0.3, 0.4) is 0 Å². The van der Waals surface area contributed by atoms with Crippen LogP contribution in [-0.2, 0) is 32.5 Å². The Morgan fingerprint density at radius 2 is 1.93 bits per heavy atom. The molecule has 1 heterocycles. The smallest absolute Gasteiger partial charge is 0.338 e. The third-order valence-electron chi connectivity index (χ3n) is 4.88. The van der Waals surface area contributed by atoms with Crippen LogP contribution in [0.25, 0.3) is 0 Å². The molecule has 0 aliphatic carbocycles. The summed E-state index contributed by atoms with van der Waals surface area (Å²) in [5.41, 5.74) is 2.18. The number of nitrogens with one attached hydrogen (secondary N) is 1. The number of fused-ring (bicyclic) bond motifs is 1. The Labute approximate surface area is 176 Å². The summed E-state index contributed by atoms with van der Waals surface area (Å²) < 4.78 is 32.8. The lowest BCUT2D eigenvalue weighted by molar-refractivity contribution is -0.128. The van der Waals surface area contributed by atoms with Crippen molar-refractivity contribution in [1.29, 1.82) is 0 Å². The van der Waals surface area contributed by atoms with Crippen molar-refractivity contribution < 1.29 is 22.7 Å². The van der Waals surface area contributed by atoms with Gasteiger partial charge in [-0.25, -0.2) is 13.2 Å². The van der Waals surface area contributed by atoms with Gasteiger partial charge in [0.1, 0.15) is 0 Å². The summed E-state index contributed by atoms with van der Waals surface area (Å²) in [6, 6.07) is 13.4. The van der Waals surface area contributed by atoms with Crippen LogP contribution in [0, 0.1) is 0 Å². The van der Waals surface area contributed by atoms with Gasteiger partial charge in [-0.1, -0.05) is 36.4 Å². The standard InChI is InChI=1S/C22H24N2O5S/c1-3-12-23-21(25)16(2)29-22(26)18-9-6-10-20(14-18)30(27,28)24-13-11-17-7-4-5-8-19(17)15-24/h3-10,14,16H,1,11-13,15H2,2H3,(H,23,25)/t16-/m1/s1. The van der Waals surface area contributed by atoms with Gasteiger partial charge in [-0.2, -0.15) is 4.31 Å². The number of hydrogen-bond donors (Lipinski definition) is 1. The fourth-order valence-electron chi connectivity index (χ4n) is 3.21. The van der Waals surface area contributed by atoms with Crippen LogP contribution in [0.5, 0.6) is 0 Å². The van der Waals surface area contributed by atoms with Gasteiger partial charge in [0, 0.05) is 19.6 Å². The molecule has 0 bridgehead atoms. The van der Waals surface area contributed by atoms with E-state index in [-0.39, 0.29) is 23.5 Å². The topological polar surface area (TPSA) is 92.8 Å². The number of sulfonamides is 1. The Balaban J connectivity index is 1.75. The maximum atomic E-state index is 13.1. The van der Waals surface area contributed by atoms with Gasteiger partial charge in [0.05, 0.1) is 10.5 Å². The number of nitrogens with zero attached hydrogens (tertiary/aromatic N) is 1. The van der Waals surface area contributed by atoms with E-state index in [4.69, 9.17) is 4.74 Å². The van der Waals surface area contributed by atoms with E-state index in [1.807, 2.05) is 24.3 Å². The zero-order valence-electron chi connectivity index (χ0n) is 16.7. The molecule has 0 aromatic heterocycles. The fourth-order valence-corrected chi connectivity index (χ4v) is 4.67. The van der Waals surface area contributed by atoms with Crippen molar-refractivity contribution in [2.45, 2.75) is 30.9 Å². The van der Waals surface area contributed by atoms with Crippen LogP contribution in [0.15, 0.2) is 66.1 Å². The molecule has 158 valence electrons. The molecule has 1 aliphatic rings. The van der Waals surface area contributed by atoms with Crippen molar-refractivity contribution in [3.8, 4) is 0 Å². The van der Waals surface area contributed by atoms with Crippen LogP contribution in [0.2, 0.25) is 0 Å². The maximum Gasteiger partial charge on any atom is 0.338 e. The summed E-state index contributed by atoms with van der Waals surface area (Å²) in [5, 5.41) is 2.54. The Bertz CT molecular complexity index is 1060. The zero-order valence-corrected chi connectivity index (χ0v) is 17.5. The zero-order chi connectivity index (χ0) is 21.7. The highest BCUT2D eigenvalue weighted by Gasteiger charge is 2.29. The Morgan fingerprint density at radius 3 is 2.67 bits per heavy atom. The lowest BCUT2D eigenvalue weighted by Gasteiger charge is -2.28. The molecule has 8 heteroatoms. The number of amides is 1. The van der Waals surface area contributed by atoms with Crippen LogP contribution in [-0.4, -0.2) is 43.8 Å². The molecule has 0 saturated heterocycles. The highest BCUT2D eigenvalue weighted by molar-refractivity contribution is 7.89. The largest absolute Gasteiger partial charge is 0.449 e. The normalized spacial score (nSPS) is 15.0. The Kier molecular flexibility index (Phi) is 6.69. The lowest BCUT2D eigenvalue weighted by atomic mass is 10.0. The first-order valence-electron chi connectivity index (χ1n) is 9.59. The van der Waals surface area contributed by atoms with Crippen LogP contribution < -0.4 is 5.32 Å². The maximum absolute atomic E-state index is 13.1. The molecule has 0 spiro atoms. The second-order valence-corrected chi connectivity index (χ2v) is 8.90. The minimum atomic E-state index is -3.78. The van der Waals surface area contributed by atoms with Gasteiger partial charge in [0.25, 0.3) is 5.91 Å². The van der Waals surface area contributed by atoms with E-state index in [2.05, 4.69) is 11.9 Å². The minimum absolute atomic E-state index is 0.0140. The average Bonchev–Trinajstić information content (AvgIpc) is 2.77. The molecule has 1 aliphatic heterocycles. The number of esters is 1. The molecule has 0 unspecified atom stereocenters. The van der Waals surface area contributed by atoms with Crippen LogP contribution in [0.4, 0.5) is 0 Å². The molecule has 1 atom stereocenters. The number of carbonyl (C=O) groups is 2. The van der Waals surface area contributed by atoms with Crippen molar-refractivity contribution in [3.63, 3.8) is 0 Å². The summed E-state index contributed by atoms with van der Waals surface area (Å²) in [7, 11) is -3.78. The van der Waals surface area contributed by atoms with Crippen LogP contribution >= 0.6 is 0 Å². The average molecular weight is 429 g/mol. The van der Waals surface area contributed by atoms with Crippen molar-refractivity contribution in [2.24, 2.45) is 0 Å². The lowest BCUT2D eigenvalue weighted by Crippen LogP contribution is -2.36. The summed E-state index contributed by atoms with van der Waals surface area (Å²) in [4.78, 5) is 24.3. The fraction of sp³-hybridized carbons (Fsp3) is 0.273. The molecule has 0 radical (unpaired) electrons. The van der Waals surface area contributed by atoms with Gasteiger partial charge in [-0.15, -0.1) is 6.58 Å². The number of benzene rings is 2. The number of hydrogen-bond acceptors (Lipinski definition) is 5. The monoisotopic (exact) mass is 428 g/mol. The van der Waals surface area contributed by atoms with Crippen molar-refractivity contribution in [3.05, 3.63) is 77.9 Å². The predicted octanol–water partition coefficient (Wildman–Crippen LogP) is 2.28. The van der Waals surface area contributed by atoms with Crippen molar-refractivity contribution in [1.82, 2.24) is 9.62 Å². The van der Waals surface area contributed by atoms with Crippen molar-refractivity contribution in [2.75, 3.05) is 13.1 Å². The third kappa shape index (κ3) is 4.77. The van der Waals surface area contributed by atoms with Gasteiger partial charge < -0.3 is 10.1 Å². The van der Waals surface area contributed by atoms with E-state index in [0.29, 0.717) is 13.0 Å². The van der Waals surface area contributed by atoms with E-state index in [1.165, 1.54) is 41.6 Å². The molecular weight excluding hydrogens is 404 g/mol. The molecule has 0 saturated carbocycles. The number of ether oxygens (including phenoxy) is 1. The van der Waals surface area contributed by atoms with Crippen molar-refractivity contribution >= 4 is 21.9 Å². The van der Waals surface area contributed by atoms with Crippen LogP contribution in [0.1, 0.15) is 28.4 Å². The second kappa shape index (κ2) is 9.23. The first kappa shape index (κ1) is 21.7. The van der Waals surface area contributed by atoms with Gasteiger partial charge in [-0.3, -0.25) is 4.79 Å². The summed E-state index contributed by atoms with van der Waals surface area (Å²) in [6.45, 7) is 5.86. The molecule has 1 N–H and O–H groups in total. The second-order valence-electron chi connectivity index (χ2n) is 6.97. The number of rotatable bonds is 7. The molecule has 0 fully saturated rings. The molecular formula is C22H24N2O5S. The third-order valence-corrected chi connectivity index (χ3v) is 6.72. The summed E-state index contributed by atoms with van der Waals surface area (Å²) >= 11 is 0. The Morgan fingerprint density at radius 1 is 1.20 bits per heavy atom. The molecule has 1 amide bonds.